The van der Waals surface area contributed by atoms with Crippen molar-refractivity contribution in [2.75, 3.05) is 23.7 Å². The Balaban J connectivity index is 1.84. The highest BCUT2D eigenvalue weighted by Gasteiger charge is 2.18. The van der Waals surface area contributed by atoms with Gasteiger partial charge in [-0.1, -0.05) is 0 Å². The van der Waals surface area contributed by atoms with E-state index in [4.69, 9.17) is 5.73 Å². The fourth-order valence-corrected chi connectivity index (χ4v) is 2.33. The first-order valence-electron chi connectivity index (χ1n) is 7.02. The molecule has 2 aromatic heterocycles. The fourth-order valence-electron chi connectivity index (χ4n) is 2.33. The molecule has 0 radical (unpaired) electrons. The van der Waals surface area contributed by atoms with Gasteiger partial charge in [-0.05, 0) is 13.0 Å². The number of primary amides is 1. The van der Waals surface area contributed by atoms with Crippen LogP contribution in [-0.4, -0.2) is 40.0 Å². The van der Waals surface area contributed by atoms with Crippen molar-refractivity contribution < 1.29 is 4.79 Å². The maximum atomic E-state index is 11.5. The van der Waals surface area contributed by atoms with E-state index in [0.29, 0.717) is 22.9 Å². The standard InChI is InChI=1S/C14H17N7O/c15-14(22)10-7-19-12(21-13-8-17-3-4-18-13)5-11(10)20-9-1-2-16-6-9/h3-5,7-9,16H,1-2,6H2,(H2,15,22)(H2,18,19,20,21)/t9-/m0/s1. The molecule has 2 aromatic rings. The molecule has 0 saturated carbocycles. The van der Waals surface area contributed by atoms with Gasteiger partial charge < -0.3 is 21.7 Å². The van der Waals surface area contributed by atoms with Crippen LogP contribution in [0.1, 0.15) is 16.8 Å². The number of hydrogen-bond donors (Lipinski definition) is 4. The molecule has 5 N–H and O–H groups in total. The summed E-state index contributed by atoms with van der Waals surface area (Å²) in [7, 11) is 0. The predicted octanol–water partition coefficient (Wildman–Crippen LogP) is 0.488. The van der Waals surface area contributed by atoms with Crippen molar-refractivity contribution in [3.63, 3.8) is 0 Å². The zero-order chi connectivity index (χ0) is 15.4. The zero-order valence-corrected chi connectivity index (χ0v) is 11.9. The highest BCUT2D eigenvalue weighted by molar-refractivity contribution is 5.98. The first-order chi connectivity index (χ1) is 10.7. The molecule has 22 heavy (non-hydrogen) atoms. The van der Waals surface area contributed by atoms with Gasteiger partial charge in [-0.2, -0.15) is 0 Å². The van der Waals surface area contributed by atoms with Crippen molar-refractivity contribution in [3.05, 3.63) is 36.4 Å². The van der Waals surface area contributed by atoms with Crippen LogP contribution in [0.5, 0.6) is 0 Å². The third-order valence-electron chi connectivity index (χ3n) is 3.41. The Bertz CT molecular complexity index is 655. The lowest BCUT2D eigenvalue weighted by Crippen LogP contribution is -2.24. The van der Waals surface area contributed by atoms with Gasteiger partial charge in [0.25, 0.3) is 5.91 Å². The van der Waals surface area contributed by atoms with Gasteiger partial charge in [0.15, 0.2) is 0 Å². The molecule has 114 valence electrons. The van der Waals surface area contributed by atoms with Crippen LogP contribution >= 0.6 is 0 Å². The van der Waals surface area contributed by atoms with Gasteiger partial charge in [0.1, 0.15) is 11.6 Å². The van der Waals surface area contributed by atoms with Crippen molar-refractivity contribution in [3.8, 4) is 0 Å². The lowest BCUT2D eigenvalue weighted by molar-refractivity contribution is 0.100. The van der Waals surface area contributed by atoms with Crippen LogP contribution in [0.4, 0.5) is 17.3 Å². The average Bonchev–Trinajstić information content (AvgIpc) is 3.01. The van der Waals surface area contributed by atoms with Crippen molar-refractivity contribution >= 4 is 23.2 Å². The molecule has 1 fully saturated rings. The predicted molar refractivity (Wildman–Crippen MR) is 83.0 cm³/mol. The van der Waals surface area contributed by atoms with Crippen molar-refractivity contribution in [1.29, 1.82) is 0 Å². The van der Waals surface area contributed by atoms with E-state index in [1.165, 1.54) is 6.20 Å². The molecule has 3 heterocycles. The van der Waals surface area contributed by atoms with E-state index < -0.39 is 5.91 Å². The lowest BCUT2D eigenvalue weighted by atomic mass is 10.2. The number of anilines is 3. The molecule has 1 aliphatic rings. The van der Waals surface area contributed by atoms with Crippen LogP contribution in [0.25, 0.3) is 0 Å². The summed E-state index contributed by atoms with van der Waals surface area (Å²) in [6.45, 7) is 1.81. The summed E-state index contributed by atoms with van der Waals surface area (Å²) < 4.78 is 0. The van der Waals surface area contributed by atoms with Crippen molar-refractivity contribution in [2.45, 2.75) is 12.5 Å². The van der Waals surface area contributed by atoms with Gasteiger partial charge in [-0.15, -0.1) is 0 Å². The molecule has 8 heteroatoms. The highest BCUT2D eigenvalue weighted by Crippen LogP contribution is 2.22. The van der Waals surface area contributed by atoms with Gasteiger partial charge in [0.2, 0.25) is 0 Å². The second-order valence-electron chi connectivity index (χ2n) is 5.03. The third-order valence-corrected chi connectivity index (χ3v) is 3.41. The van der Waals surface area contributed by atoms with E-state index in [0.717, 1.165) is 19.5 Å². The summed E-state index contributed by atoms with van der Waals surface area (Å²) in [6, 6.07) is 2.03. The number of hydrogen-bond acceptors (Lipinski definition) is 7. The normalized spacial score (nSPS) is 17.2. The van der Waals surface area contributed by atoms with Crippen LogP contribution in [-0.2, 0) is 0 Å². The minimum Gasteiger partial charge on any atom is -0.380 e. The van der Waals surface area contributed by atoms with E-state index in [-0.39, 0.29) is 6.04 Å². The van der Waals surface area contributed by atoms with Crippen molar-refractivity contribution in [1.82, 2.24) is 20.3 Å². The Hall–Kier alpha value is -2.74. The summed E-state index contributed by atoms with van der Waals surface area (Å²) in [5.41, 5.74) is 6.46. The summed E-state index contributed by atoms with van der Waals surface area (Å²) in [4.78, 5) is 23.9. The molecule has 8 nitrogen and oxygen atoms in total. The number of rotatable bonds is 5. The second kappa shape index (κ2) is 6.35. The number of carbonyl (C=O) groups is 1. The first kappa shape index (κ1) is 14.2. The molecule has 1 amide bonds. The molecular weight excluding hydrogens is 282 g/mol. The molecule has 0 unspecified atom stereocenters. The van der Waals surface area contributed by atoms with Gasteiger partial charge >= 0.3 is 0 Å². The van der Waals surface area contributed by atoms with Gasteiger partial charge in [0.05, 0.1) is 17.4 Å². The molecule has 0 bridgehead atoms. The number of pyridine rings is 1. The Morgan fingerprint density at radius 2 is 2.18 bits per heavy atom. The SMILES string of the molecule is NC(=O)c1cnc(Nc2cnccn2)cc1N[C@H]1CCNC1. The Labute approximate surface area is 127 Å². The largest absolute Gasteiger partial charge is 0.380 e. The van der Waals surface area contributed by atoms with Gasteiger partial charge in [-0.3, -0.25) is 9.78 Å². The molecule has 0 spiro atoms. The average molecular weight is 299 g/mol. The molecule has 0 aromatic carbocycles. The number of carbonyl (C=O) groups excluding carboxylic acids is 1. The molecule has 1 saturated heterocycles. The van der Waals surface area contributed by atoms with E-state index in [9.17, 15) is 4.79 Å². The maximum absolute atomic E-state index is 11.5. The van der Waals surface area contributed by atoms with Crippen LogP contribution in [0.15, 0.2) is 30.9 Å². The molecule has 1 aliphatic heterocycles. The smallest absolute Gasteiger partial charge is 0.252 e. The maximum Gasteiger partial charge on any atom is 0.252 e. The minimum atomic E-state index is -0.507. The first-order valence-corrected chi connectivity index (χ1v) is 7.02. The quantitative estimate of drug-likeness (QED) is 0.634. The van der Waals surface area contributed by atoms with Gasteiger partial charge in [0, 0.05) is 37.2 Å². The molecule has 3 rings (SSSR count). The summed E-state index contributed by atoms with van der Waals surface area (Å²) >= 11 is 0. The van der Waals surface area contributed by atoms with Crippen molar-refractivity contribution in [2.24, 2.45) is 5.73 Å². The number of nitrogens with zero attached hydrogens (tertiary/aromatic N) is 3. The Kier molecular flexibility index (Phi) is 4.10. The minimum absolute atomic E-state index is 0.268. The molecule has 1 atom stereocenters. The van der Waals surface area contributed by atoms with Gasteiger partial charge in [-0.25, -0.2) is 9.97 Å². The second-order valence-corrected chi connectivity index (χ2v) is 5.03. The third kappa shape index (κ3) is 3.29. The lowest BCUT2D eigenvalue weighted by Gasteiger charge is -2.16. The van der Waals surface area contributed by atoms with E-state index in [1.807, 2.05) is 0 Å². The van der Waals surface area contributed by atoms with Crippen LogP contribution < -0.4 is 21.7 Å². The molecular formula is C14H17N7O. The monoisotopic (exact) mass is 299 g/mol. The van der Waals surface area contributed by atoms with Crippen LogP contribution in [0, 0.1) is 0 Å². The number of aromatic nitrogens is 3. The van der Waals surface area contributed by atoms with E-state index in [2.05, 4.69) is 30.9 Å². The Morgan fingerprint density at radius 3 is 2.86 bits per heavy atom. The number of nitrogens with one attached hydrogen (secondary N) is 3. The summed E-state index contributed by atoms with van der Waals surface area (Å²) in [5.74, 6) is 0.640. The number of nitrogens with two attached hydrogens (primary N) is 1. The summed E-state index contributed by atoms with van der Waals surface area (Å²) in [5, 5.41) is 9.65. The number of amides is 1. The summed E-state index contributed by atoms with van der Waals surface area (Å²) in [6.07, 6.45) is 7.23. The van der Waals surface area contributed by atoms with Crippen LogP contribution in [0.3, 0.4) is 0 Å². The zero-order valence-electron chi connectivity index (χ0n) is 11.9. The highest BCUT2D eigenvalue weighted by atomic mass is 16.1. The van der Waals surface area contributed by atoms with Crippen LogP contribution in [0.2, 0.25) is 0 Å². The molecule has 0 aliphatic carbocycles. The topological polar surface area (TPSA) is 118 Å². The Morgan fingerprint density at radius 1 is 1.27 bits per heavy atom. The van der Waals surface area contributed by atoms with E-state index >= 15 is 0 Å². The van der Waals surface area contributed by atoms with E-state index in [1.54, 1.807) is 24.7 Å². The fraction of sp³-hybridized carbons (Fsp3) is 0.286.